The SMILES string of the molecule is CCc1ccccc1C1(C)CCN(Cc2cc[nH]c(=O)c2Cl)CC1. The average molecular weight is 345 g/mol. The summed E-state index contributed by atoms with van der Waals surface area (Å²) in [6.07, 6.45) is 5.02. The molecular weight excluding hydrogens is 320 g/mol. The molecule has 4 heteroatoms. The molecule has 1 aliphatic heterocycles. The van der Waals surface area contributed by atoms with Gasteiger partial charge in [-0.2, -0.15) is 0 Å². The normalized spacial score (nSPS) is 17.8. The molecule has 128 valence electrons. The molecule has 2 aromatic rings. The zero-order valence-electron chi connectivity index (χ0n) is 14.4. The van der Waals surface area contributed by atoms with E-state index in [2.05, 4.69) is 48.0 Å². The number of aryl methyl sites for hydroxylation is 1. The molecule has 2 heterocycles. The van der Waals surface area contributed by atoms with Gasteiger partial charge in [-0.1, -0.05) is 49.7 Å². The van der Waals surface area contributed by atoms with Crippen molar-refractivity contribution in [3.8, 4) is 0 Å². The minimum Gasteiger partial charge on any atom is -0.328 e. The van der Waals surface area contributed by atoms with Crippen LogP contribution in [0.1, 0.15) is 43.4 Å². The lowest BCUT2D eigenvalue weighted by atomic mass is 9.72. The fourth-order valence-corrected chi connectivity index (χ4v) is 3.93. The fourth-order valence-electron chi connectivity index (χ4n) is 3.75. The van der Waals surface area contributed by atoms with Gasteiger partial charge in [-0.15, -0.1) is 0 Å². The zero-order chi connectivity index (χ0) is 17.2. The average Bonchev–Trinajstić information content (AvgIpc) is 2.61. The summed E-state index contributed by atoms with van der Waals surface area (Å²) in [6, 6.07) is 10.7. The molecule has 3 nitrogen and oxygen atoms in total. The van der Waals surface area contributed by atoms with E-state index in [9.17, 15) is 4.79 Å². The van der Waals surface area contributed by atoms with Crippen LogP contribution < -0.4 is 5.56 Å². The number of likely N-dealkylation sites (tertiary alicyclic amines) is 1. The molecule has 1 saturated heterocycles. The highest BCUT2D eigenvalue weighted by molar-refractivity contribution is 6.31. The van der Waals surface area contributed by atoms with Gasteiger partial charge in [0.15, 0.2) is 0 Å². The summed E-state index contributed by atoms with van der Waals surface area (Å²) in [4.78, 5) is 16.7. The molecule has 1 fully saturated rings. The fraction of sp³-hybridized carbons (Fsp3) is 0.450. The Morgan fingerprint density at radius 3 is 2.58 bits per heavy atom. The summed E-state index contributed by atoms with van der Waals surface area (Å²) in [5.74, 6) is 0. The smallest absolute Gasteiger partial charge is 0.267 e. The quantitative estimate of drug-likeness (QED) is 0.904. The molecule has 0 spiro atoms. The first-order valence-electron chi connectivity index (χ1n) is 8.70. The lowest BCUT2D eigenvalue weighted by molar-refractivity contribution is 0.161. The topological polar surface area (TPSA) is 36.1 Å². The van der Waals surface area contributed by atoms with E-state index in [0.717, 1.165) is 44.5 Å². The molecule has 1 aromatic heterocycles. The zero-order valence-corrected chi connectivity index (χ0v) is 15.2. The predicted octanol–water partition coefficient (Wildman–Crippen LogP) is 4.14. The first-order chi connectivity index (χ1) is 11.5. The number of aromatic nitrogens is 1. The van der Waals surface area contributed by atoms with Gasteiger partial charge in [0.1, 0.15) is 5.02 Å². The molecule has 1 aromatic carbocycles. The third kappa shape index (κ3) is 3.42. The minimum absolute atomic E-state index is 0.201. The summed E-state index contributed by atoms with van der Waals surface area (Å²) < 4.78 is 0. The second-order valence-electron chi connectivity index (χ2n) is 6.99. The maximum Gasteiger partial charge on any atom is 0.267 e. The van der Waals surface area contributed by atoms with Crippen molar-refractivity contribution >= 4 is 11.6 Å². The van der Waals surface area contributed by atoms with Gasteiger partial charge in [0, 0.05) is 12.7 Å². The van der Waals surface area contributed by atoms with Crippen molar-refractivity contribution in [3.05, 3.63) is 68.6 Å². The van der Waals surface area contributed by atoms with Crippen molar-refractivity contribution in [2.75, 3.05) is 13.1 Å². The molecule has 24 heavy (non-hydrogen) atoms. The molecule has 0 radical (unpaired) electrons. The number of benzene rings is 1. The van der Waals surface area contributed by atoms with Crippen molar-refractivity contribution in [2.45, 2.75) is 45.1 Å². The molecule has 0 bridgehead atoms. The third-order valence-electron chi connectivity index (χ3n) is 5.38. The van der Waals surface area contributed by atoms with Gasteiger partial charge >= 0.3 is 0 Å². The Hall–Kier alpha value is -1.58. The summed E-state index contributed by atoms with van der Waals surface area (Å²) in [5, 5.41) is 0.321. The van der Waals surface area contributed by atoms with E-state index in [-0.39, 0.29) is 11.0 Å². The maximum absolute atomic E-state index is 11.6. The first-order valence-corrected chi connectivity index (χ1v) is 9.08. The van der Waals surface area contributed by atoms with Crippen molar-refractivity contribution < 1.29 is 0 Å². The van der Waals surface area contributed by atoms with Gasteiger partial charge in [0.05, 0.1) is 0 Å². The van der Waals surface area contributed by atoms with E-state index < -0.39 is 0 Å². The van der Waals surface area contributed by atoms with Crippen molar-refractivity contribution in [1.82, 2.24) is 9.88 Å². The Morgan fingerprint density at radius 2 is 1.88 bits per heavy atom. The Bertz CT molecular complexity index is 760. The van der Waals surface area contributed by atoms with Gasteiger partial charge < -0.3 is 4.98 Å². The minimum atomic E-state index is -0.201. The Labute approximate surface area is 148 Å². The van der Waals surface area contributed by atoms with Crippen LogP contribution in [0, 0.1) is 0 Å². The second-order valence-corrected chi connectivity index (χ2v) is 7.37. The van der Waals surface area contributed by atoms with Crippen LogP contribution in [0.3, 0.4) is 0 Å². The van der Waals surface area contributed by atoms with Crippen LogP contribution in [0.5, 0.6) is 0 Å². The van der Waals surface area contributed by atoms with E-state index in [0.29, 0.717) is 5.02 Å². The Kier molecular flexibility index (Phi) is 5.12. The summed E-state index contributed by atoms with van der Waals surface area (Å²) in [5.41, 5.74) is 3.92. The molecular formula is C20H25ClN2O. The van der Waals surface area contributed by atoms with Crippen LogP contribution in [0.2, 0.25) is 5.02 Å². The summed E-state index contributed by atoms with van der Waals surface area (Å²) >= 11 is 6.13. The second kappa shape index (κ2) is 7.12. The number of nitrogens with zero attached hydrogens (tertiary/aromatic N) is 1. The summed E-state index contributed by atoms with van der Waals surface area (Å²) in [6.45, 7) is 7.41. The molecule has 1 N–H and O–H groups in total. The van der Waals surface area contributed by atoms with Crippen LogP contribution in [0.25, 0.3) is 0 Å². The highest BCUT2D eigenvalue weighted by atomic mass is 35.5. The number of H-pyrrole nitrogens is 1. The van der Waals surface area contributed by atoms with E-state index in [1.807, 2.05) is 6.07 Å². The molecule has 0 saturated carbocycles. The Balaban J connectivity index is 1.71. The first kappa shape index (κ1) is 17.2. The van der Waals surface area contributed by atoms with Crippen molar-refractivity contribution in [2.24, 2.45) is 0 Å². The molecule has 0 atom stereocenters. The van der Waals surface area contributed by atoms with Crippen LogP contribution in [-0.2, 0) is 18.4 Å². The number of halogens is 1. The standard InChI is InChI=1S/C20H25ClN2O/c1-3-15-6-4-5-7-17(15)20(2)9-12-23(13-10-20)14-16-8-11-22-19(24)18(16)21/h4-8,11H,3,9-10,12-14H2,1-2H3,(H,22,24). The van der Waals surface area contributed by atoms with Gasteiger partial charge in [0.2, 0.25) is 0 Å². The number of rotatable bonds is 4. The lowest BCUT2D eigenvalue weighted by Gasteiger charge is -2.41. The van der Waals surface area contributed by atoms with Crippen LogP contribution in [0.15, 0.2) is 41.3 Å². The van der Waals surface area contributed by atoms with E-state index in [1.54, 1.807) is 6.20 Å². The third-order valence-corrected chi connectivity index (χ3v) is 5.80. The largest absolute Gasteiger partial charge is 0.328 e. The number of nitrogens with one attached hydrogen (secondary N) is 1. The van der Waals surface area contributed by atoms with E-state index in [1.165, 1.54) is 11.1 Å². The van der Waals surface area contributed by atoms with Gasteiger partial charge in [-0.3, -0.25) is 9.69 Å². The highest BCUT2D eigenvalue weighted by Crippen LogP contribution is 2.37. The van der Waals surface area contributed by atoms with Gasteiger partial charge in [-0.05, 0) is 60.5 Å². The molecule has 1 aliphatic rings. The number of hydrogen-bond acceptors (Lipinski definition) is 2. The lowest BCUT2D eigenvalue weighted by Crippen LogP contribution is -2.41. The predicted molar refractivity (Wildman–Crippen MR) is 99.8 cm³/mol. The molecule has 0 amide bonds. The van der Waals surface area contributed by atoms with Gasteiger partial charge in [0.25, 0.3) is 5.56 Å². The monoisotopic (exact) mass is 344 g/mol. The van der Waals surface area contributed by atoms with Crippen molar-refractivity contribution in [1.29, 1.82) is 0 Å². The molecule has 0 aliphatic carbocycles. The Morgan fingerprint density at radius 1 is 1.17 bits per heavy atom. The van der Waals surface area contributed by atoms with Crippen LogP contribution in [0.4, 0.5) is 0 Å². The van der Waals surface area contributed by atoms with E-state index in [4.69, 9.17) is 11.6 Å². The van der Waals surface area contributed by atoms with Crippen LogP contribution >= 0.6 is 11.6 Å². The molecule has 0 unspecified atom stereocenters. The van der Waals surface area contributed by atoms with Gasteiger partial charge in [-0.25, -0.2) is 0 Å². The summed E-state index contributed by atoms with van der Waals surface area (Å²) in [7, 11) is 0. The molecule has 3 rings (SSSR count). The van der Waals surface area contributed by atoms with Crippen LogP contribution in [-0.4, -0.2) is 23.0 Å². The van der Waals surface area contributed by atoms with Crippen molar-refractivity contribution in [3.63, 3.8) is 0 Å². The number of pyridine rings is 1. The van der Waals surface area contributed by atoms with E-state index >= 15 is 0 Å². The number of hydrogen-bond donors (Lipinski definition) is 1. The number of aromatic amines is 1. The number of piperidine rings is 1. The highest BCUT2D eigenvalue weighted by Gasteiger charge is 2.33. The maximum atomic E-state index is 11.6.